The highest BCUT2D eigenvalue weighted by molar-refractivity contribution is 6.33. The first-order chi connectivity index (χ1) is 6.24. The van der Waals surface area contributed by atoms with E-state index in [4.69, 9.17) is 28.3 Å². The van der Waals surface area contributed by atoms with Crippen molar-refractivity contribution in [3.8, 4) is 11.8 Å². The maximum absolute atomic E-state index is 8.49. The van der Waals surface area contributed by atoms with Crippen LogP contribution < -0.4 is 0 Å². The molecule has 0 aliphatic carbocycles. The Morgan fingerprint density at radius 2 is 2.15 bits per heavy atom. The van der Waals surface area contributed by atoms with E-state index >= 15 is 0 Å². The SMILES string of the molecule is OCCC#Cc1ccc(Cl)nc1Cl. The third kappa shape index (κ3) is 3.23. The van der Waals surface area contributed by atoms with Crippen molar-refractivity contribution in [1.82, 2.24) is 4.98 Å². The number of aliphatic hydroxyl groups is 1. The number of nitrogens with zero attached hydrogens (tertiary/aromatic N) is 1. The minimum atomic E-state index is 0.0473. The van der Waals surface area contributed by atoms with Gasteiger partial charge in [0.05, 0.1) is 12.2 Å². The fourth-order valence-corrected chi connectivity index (χ4v) is 1.11. The summed E-state index contributed by atoms with van der Waals surface area (Å²) in [6, 6.07) is 3.32. The predicted molar refractivity (Wildman–Crippen MR) is 52.8 cm³/mol. The lowest BCUT2D eigenvalue weighted by molar-refractivity contribution is 0.305. The second-order valence-electron chi connectivity index (χ2n) is 2.25. The fourth-order valence-electron chi connectivity index (χ4n) is 0.719. The van der Waals surface area contributed by atoms with E-state index in [2.05, 4.69) is 16.8 Å². The van der Waals surface area contributed by atoms with Gasteiger partial charge in [-0.3, -0.25) is 0 Å². The van der Waals surface area contributed by atoms with Gasteiger partial charge in [0.15, 0.2) is 0 Å². The van der Waals surface area contributed by atoms with Crippen LogP contribution in [0.25, 0.3) is 0 Å². The van der Waals surface area contributed by atoms with E-state index in [9.17, 15) is 0 Å². The molecular weight excluding hydrogens is 209 g/mol. The first kappa shape index (κ1) is 10.3. The van der Waals surface area contributed by atoms with Crippen molar-refractivity contribution in [3.63, 3.8) is 0 Å². The van der Waals surface area contributed by atoms with Gasteiger partial charge in [-0.1, -0.05) is 35.0 Å². The molecule has 0 saturated carbocycles. The summed E-state index contributed by atoms with van der Waals surface area (Å²) < 4.78 is 0. The molecule has 0 aromatic carbocycles. The third-order valence-corrected chi connectivity index (χ3v) is 1.77. The minimum absolute atomic E-state index is 0.0473. The lowest BCUT2D eigenvalue weighted by Crippen LogP contribution is -1.83. The number of hydrogen-bond acceptors (Lipinski definition) is 2. The van der Waals surface area contributed by atoms with Gasteiger partial charge < -0.3 is 5.11 Å². The Balaban J connectivity index is 2.85. The van der Waals surface area contributed by atoms with Gasteiger partial charge in [0.2, 0.25) is 0 Å². The van der Waals surface area contributed by atoms with Crippen molar-refractivity contribution in [2.24, 2.45) is 0 Å². The van der Waals surface area contributed by atoms with Gasteiger partial charge in [0, 0.05) is 6.42 Å². The number of pyridine rings is 1. The van der Waals surface area contributed by atoms with Crippen LogP contribution in [-0.4, -0.2) is 16.7 Å². The van der Waals surface area contributed by atoms with E-state index in [1.165, 1.54) is 0 Å². The smallest absolute Gasteiger partial charge is 0.146 e. The zero-order chi connectivity index (χ0) is 9.68. The molecule has 2 nitrogen and oxygen atoms in total. The summed E-state index contributed by atoms with van der Waals surface area (Å²) in [6.45, 7) is 0.0473. The van der Waals surface area contributed by atoms with E-state index in [0.717, 1.165) is 0 Å². The summed E-state index contributed by atoms with van der Waals surface area (Å²) in [5.41, 5.74) is 0.625. The molecule has 0 atom stereocenters. The molecular formula is C9H7Cl2NO. The molecule has 0 spiro atoms. The number of aliphatic hydroxyl groups excluding tert-OH is 1. The molecule has 68 valence electrons. The largest absolute Gasteiger partial charge is 0.395 e. The fraction of sp³-hybridized carbons (Fsp3) is 0.222. The van der Waals surface area contributed by atoms with Crippen LogP contribution in [0.3, 0.4) is 0 Å². The highest BCUT2D eigenvalue weighted by Gasteiger charge is 1.98. The van der Waals surface area contributed by atoms with Crippen LogP contribution in [0, 0.1) is 11.8 Å². The van der Waals surface area contributed by atoms with Crippen LogP contribution >= 0.6 is 23.2 Å². The van der Waals surface area contributed by atoms with Gasteiger partial charge in [0.25, 0.3) is 0 Å². The van der Waals surface area contributed by atoms with Crippen LogP contribution in [0.15, 0.2) is 12.1 Å². The normalized spacial score (nSPS) is 9.15. The predicted octanol–water partition coefficient (Wildman–Crippen LogP) is 2.12. The molecule has 4 heteroatoms. The van der Waals surface area contributed by atoms with Crippen molar-refractivity contribution in [1.29, 1.82) is 0 Å². The monoisotopic (exact) mass is 215 g/mol. The number of rotatable bonds is 1. The lowest BCUT2D eigenvalue weighted by atomic mass is 10.3. The van der Waals surface area contributed by atoms with Gasteiger partial charge in [-0.05, 0) is 12.1 Å². The summed E-state index contributed by atoms with van der Waals surface area (Å²) in [4.78, 5) is 3.82. The summed E-state index contributed by atoms with van der Waals surface area (Å²) in [7, 11) is 0. The Labute approximate surface area is 86.5 Å². The molecule has 13 heavy (non-hydrogen) atoms. The molecule has 1 heterocycles. The molecule has 1 rings (SSSR count). The summed E-state index contributed by atoms with van der Waals surface area (Å²) >= 11 is 11.3. The molecule has 1 aromatic heterocycles. The molecule has 0 aliphatic heterocycles. The van der Waals surface area contributed by atoms with Crippen LogP contribution in [0.1, 0.15) is 12.0 Å². The maximum atomic E-state index is 8.49. The molecule has 0 aliphatic rings. The Kier molecular flexibility index (Phi) is 4.04. The van der Waals surface area contributed by atoms with E-state index in [1.807, 2.05) is 0 Å². The van der Waals surface area contributed by atoms with Crippen molar-refractivity contribution in [2.45, 2.75) is 6.42 Å². The number of hydrogen-bond donors (Lipinski definition) is 1. The van der Waals surface area contributed by atoms with Crippen molar-refractivity contribution in [3.05, 3.63) is 28.0 Å². The van der Waals surface area contributed by atoms with E-state index in [-0.39, 0.29) is 11.8 Å². The summed E-state index contributed by atoms with van der Waals surface area (Å²) in [5, 5.41) is 9.12. The van der Waals surface area contributed by atoms with Crippen molar-refractivity contribution >= 4 is 23.2 Å². The van der Waals surface area contributed by atoms with E-state index in [1.54, 1.807) is 12.1 Å². The molecule has 0 unspecified atom stereocenters. The molecule has 0 bridgehead atoms. The van der Waals surface area contributed by atoms with Gasteiger partial charge >= 0.3 is 0 Å². The molecule has 1 N–H and O–H groups in total. The van der Waals surface area contributed by atoms with E-state index < -0.39 is 0 Å². The van der Waals surface area contributed by atoms with Crippen LogP contribution in [0.4, 0.5) is 0 Å². The third-order valence-electron chi connectivity index (χ3n) is 1.27. The minimum Gasteiger partial charge on any atom is -0.395 e. The Bertz CT molecular complexity index is 354. The quantitative estimate of drug-likeness (QED) is 0.576. The second-order valence-corrected chi connectivity index (χ2v) is 2.99. The van der Waals surface area contributed by atoms with Gasteiger partial charge in [0.1, 0.15) is 10.3 Å². The zero-order valence-electron chi connectivity index (χ0n) is 6.72. The van der Waals surface area contributed by atoms with Crippen LogP contribution in [-0.2, 0) is 0 Å². The number of halogens is 2. The van der Waals surface area contributed by atoms with Crippen molar-refractivity contribution in [2.75, 3.05) is 6.61 Å². The summed E-state index contributed by atoms with van der Waals surface area (Å²) in [5.74, 6) is 5.52. The lowest BCUT2D eigenvalue weighted by Gasteiger charge is -1.94. The van der Waals surface area contributed by atoms with Gasteiger partial charge in [-0.25, -0.2) is 4.98 Å². The van der Waals surface area contributed by atoms with Gasteiger partial charge in [-0.15, -0.1) is 0 Å². The average Bonchev–Trinajstić information content (AvgIpc) is 2.09. The zero-order valence-corrected chi connectivity index (χ0v) is 8.23. The topological polar surface area (TPSA) is 33.1 Å². The highest BCUT2D eigenvalue weighted by Crippen LogP contribution is 2.15. The van der Waals surface area contributed by atoms with Gasteiger partial charge in [-0.2, -0.15) is 0 Å². The van der Waals surface area contributed by atoms with Crippen LogP contribution in [0.5, 0.6) is 0 Å². The van der Waals surface area contributed by atoms with E-state index in [0.29, 0.717) is 17.1 Å². The molecule has 0 radical (unpaired) electrons. The Morgan fingerprint density at radius 3 is 2.77 bits per heavy atom. The Morgan fingerprint density at radius 1 is 1.38 bits per heavy atom. The number of aromatic nitrogens is 1. The Hall–Kier alpha value is -0.750. The second kappa shape index (κ2) is 5.08. The maximum Gasteiger partial charge on any atom is 0.146 e. The highest BCUT2D eigenvalue weighted by atomic mass is 35.5. The average molecular weight is 216 g/mol. The first-order valence-electron chi connectivity index (χ1n) is 3.66. The first-order valence-corrected chi connectivity index (χ1v) is 4.41. The molecule has 0 fully saturated rings. The van der Waals surface area contributed by atoms with Crippen molar-refractivity contribution < 1.29 is 5.11 Å². The molecule has 0 saturated heterocycles. The summed E-state index contributed by atoms with van der Waals surface area (Å²) in [6.07, 6.45) is 0.430. The molecule has 1 aromatic rings. The molecule has 0 amide bonds. The standard InChI is InChI=1S/C9H7Cl2NO/c10-8-5-4-7(9(11)12-8)3-1-2-6-13/h4-5,13H,2,6H2. The van der Waals surface area contributed by atoms with Crippen LogP contribution in [0.2, 0.25) is 10.3 Å².